The fourth-order valence-electron chi connectivity index (χ4n) is 2.20. The maximum atomic E-state index is 11.4. The molecule has 1 aromatic heterocycles. The smallest absolute Gasteiger partial charge is 0.342 e. The fraction of sp³-hybridized carbons (Fsp3) is 0.700. The van der Waals surface area contributed by atoms with E-state index in [0.29, 0.717) is 0 Å². The molecule has 0 saturated heterocycles. The molecule has 1 atom stereocenters. The highest BCUT2D eigenvalue weighted by molar-refractivity contribution is 5.31. The summed E-state index contributed by atoms with van der Waals surface area (Å²) in [7, 11) is 0. The first kappa shape index (κ1) is 10.9. The van der Waals surface area contributed by atoms with Crippen LogP contribution in [-0.2, 0) is 0 Å². The lowest BCUT2D eigenvalue weighted by Gasteiger charge is -2.27. The Morgan fingerprint density at radius 1 is 1.44 bits per heavy atom. The third kappa shape index (κ3) is 2.00. The van der Waals surface area contributed by atoms with Gasteiger partial charge in [0, 0.05) is 6.04 Å². The van der Waals surface area contributed by atoms with Crippen LogP contribution in [0.3, 0.4) is 0 Å². The molecule has 1 saturated carbocycles. The zero-order valence-electron chi connectivity index (χ0n) is 9.46. The van der Waals surface area contributed by atoms with Gasteiger partial charge in [0.25, 0.3) is 5.56 Å². The van der Waals surface area contributed by atoms with Crippen LogP contribution >= 0.6 is 0 Å². The van der Waals surface area contributed by atoms with E-state index in [2.05, 4.69) is 34.3 Å². The van der Waals surface area contributed by atoms with E-state index in [-0.39, 0.29) is 17.3 Å². The predicted molar refractivity (Wildman–Crippen MR) is 60.5 cm³/mol. The van der Waals surface area contributed by atoms with E-state index < -0.39 is 11.2 Å². The van der Waals surface area contributed by atoms with E-state index in [1.165, 1.54) is 0 Å². The van der Waals surface area contributed by atoms with Crippen molar-refractivity contribution in [3.8, 4) is 0 Å². The first-order chi connectivity index (χ1) is 7.49. The molecule has 0 bridgehead atoms. The fourth-order valence-corrected chi connectivity index (χ4v) is 2.20. The molecule has 1 heterocycles. The van der Waals surface area contributed by atoms with Crippen molar-refractivity contribution < 1.29 is 0 Å². The minimum absolute atomic E-state index is 0.157. The number of nitrogens with zero attached hydrogens (tertiary/aromatic N) is 1. The highest BCUT2D eigenvalue weighted by atomic mass is 16.2. The molecule has 6 heteroatoms. The molecule has 1 aromatic rings. The van der Waals surface area contributed by atoms with Gasteiger partial charge in [-0.05, 0) is 18.3 Å². The molecule has 0 radical (unpaired) electrons. The molecule has 6 nitrogen and oxygen atoms in total. The Kier molecular flexibility index (Phi) is 2.57. The number of anilines is 1. The number of H-pyrrole nitrogens is 2. The number of aromatic amines is 2. The summed E-state index contributed by atoms with van der Waals surface area (Å²) in [5.41, 5.74) is -0.891. The molecular formula is C10H16N4O2. The summed E-state index contributed by atoms with van der Waals surface area (Å²) in [5, 5.41) is 9.03. The third-order valence-corrected chi connectivity index (χ3v) is 3.28. The normalized spacial score (nSPS) is 23.2. The van der Waals surface area contributed by atoms with Crippen LogP contribution in [0.1, 0.15) is 33.1 Å². The van der Waals surface area contributed by atoms with Gasteiger partial charge in [0.15, 0.2) is 0 Å². The first-order valence-electron chi connectivity index (χ1n) is 5.44. The zero-order valence-corrected chi connectivity index (χ0v) is 9.46. The van der Waals surface area contributed by atoms with Crippen molar-refractivity contribution >= 4 is 5.82 Å². The monoisotopic (exact) mass is 224 g/mol. The zero-order chi connectivity index (χ0) is 11.8. The Morgan fingerprint density at radius 2 is 2.19 bits per heavy atom. The topological polar surface area (TPSA) is 90.6 Å². The Hall–Kier alpha value is -1.59. The van der Waals surface area contributed by atoms with Gasteiger partial charge in [-0.15, -0.1) is 5.10 Å². The Bertz CT molecular complexity index is 488. The molecule has 2 rings (SSSR count). The second kappa shape index (κ2) is 3.77. The highest BCUT2D eigenvalue weighted by Crippen LogP contribution is 2.38. The van der Waals surface area contributed by atoms with Crippen molar-refractivity contribution in [2.24, 2.45) is 5.41 Å². The van der Waals surface area contributed by atoms with Crippen LogP contribution in [0.15, 0.2) is 9.59 Å². The lowest BCUT2D eigenvalue weighted by atomic mass is 9.87. The highest BCUT2D eigenvalue weighted by Gasteiger charge is 2.34. The molecule has 1 aliphatic rings. The van der Waals surface area contributed by atoms with Crippen LogP contribution < -0.4 is 16.6 Å². The van der Waals surface area contributed by atoms with E-state index in [9.17, 15) is 9.59 Å². The molecule has 1 unspecified atom stereocenters. The van der Waals surface area contributed by atoms with Crippen molar-refractivity contribution in [1.29, 1.82) is 0 Å². The van der Waals surface area contributed by atoms with Gasteiger partial charge in [-0.1, -0.05) is 20.3 Å². The average Bonchev–Trinajstić information content (AvgIpc) is 2.50. The molecule has 1 aliphatic carbocycles. The molecule has 16 heavy (non-hydrogen) atoms. The predicted octanol–water partition coefficient (Wildman–Crippen LogP) is 0.449. The van der Waals surface area contributed by atoms with Crippen molar-refractivity contribution in [1.82, 2.24) is 15.2 Å². The lowest BCUT2D eigenvalue weighted by Crippen LogP contribution is -2.35. The van der Waals surface area contributed by atoms with Crippen LogP contribution in [0.4, 0.5) is 5.82 Å². The van der Waals surface area contributed by atoms with Crippen LogP contribution in [0.2, 0.25) is 0 Å². The summed E-state index contributed by atoms with van der Waals surface area (Å²) in [6.07, 6.45) is 3.30. The van der Waals surface area contributed by atoms with E-state index in [1.54, 1.807) is 0 Å². The SMILES string of the molecule is CC1(C)CCCC1Nc1n[nH]c(=O)[nH]c1=O. The van der Waals surface area contributed by atoms with Crippen molar-refractivity contribution in [3.05, 3.63) is 20.8 Å². The van der Waals surface area contributed by atoms with Crippen molar-refractivity contribution in [2.45, 2.75) is 39.2 Å². The largest absolute Gasteiger partial charge is 0.361 e. The summed E-state index contributed by atoms with van der Waals surface area (Å²) >= 11 is 0. The Balaban J connectivity index is 2.21. The molecule has 88 valence electrons. The van der Waals surface area contributed by atoms with Gasteiger partial charge in [-0.25, -0.2) is 9.89 Å². The molecule has 1 fully saturated rings. The van der Waals surface area contributed by atoms with E-state index in [0.717, 1.165) is 19.3 Å². The van der Waals surface area contributed by atoms with Gasteiger partial charge in [0.2, 0.25) is 5.82 Å². The number of hydrogen-bond acceptors (Lipinski definition) is 4. The van der Waals surface area contributed by atoms with Crippen LogP contribution in [0.25, 0.3) is 0 Å². The minimum Gasteiger partial charge on any atom is -0.361 e. The molecule has 0 amide bonds. The van der Waals surface area contributed by atoms with Gasteiger partial charge in [-0.3, -0.25) is 9.78 Å². The first-order valence-corrected chi connectivity index (χ1v) is 5.44. The summed E-state index contributed by atoms with van der Waals surface area (Å²) in [5.74, 6) is 0.194. The second-order valence-corrected chi connectivity index (χ2v) is 4.93. The van der Waals surface area contributed by atoms with Crippen LogP contribution in [0, 0.1) is 5.41 Å². The summed E-state index contributed by atoms with van der Waals surface area (Å²) in [6.45, 7) is 4.33. The second-order valence-electron chi connectivity index (χ2n) is 4.93. The van der Waals surface area contributed by atoms with Gasteiger partial charge in [0.05, 0.1) is 0 Å². The molecule has 3 N–H and O–H groups in total. The molecule has 0 spiro atoms. The Labute approximate surface area is 92.5 Å². The summed E-state index contributed by atoms with van der Waals surface area (Å²) in [6, 6.07) is 0.229. The Morgan fingerprint density at radius 3 is 2.75 bits per heavy atom. The number of hydrogen-bond donors (Lipinski definition) is 3. The minimum atomic E-state index is -0.582. The van der Waals surface area contributed by atoms with E-state index in [4.69, 9.17) is 0 Å². The van der Waals surface area contributed by atoms with Gasteiger partial charge in [0.1, 0.15) is 0 Å². The quantitative estimate of drug-likeness (QED) is 0.680. The average molecular weight is 224 g/mol. The van der Waals surface area contributed by atoms with Gasteiger partial charge in [-0.2, -0.15) is 0 Å². The van der Waals surface area contributed by atoms with Crippen molar-refractivity contribution in [2.75, 3.05) is 5.32 Å². The van der Waals surface area contributed by atoms with E-state index >= 15 is 0 Å². The maximum Gasteiger partial charge on any atom is 0.342 e. The van der Waals surface area contributed by atoms with Gasteiger partial charge >= 0.3 is 5.69 Å². The maximum absolute atomic E-state index is 11.4. The number of rotatable bonds is 2. The summed E-state index contributed by atoms with van der Waals surface area (Å²) in [4.78, 5) is 24.4. The number of nitrogens with one attached hydrogen (secondary N) is 3. The van der Waals surface area contributed by atoms with Gasteiger partial charge < -0.3 is 5.32 Å². The standard InChI is InChI=1S/C10H16N4O2/c1-10(2)5-3-4-6(10)11-7-8(15)12-9(16)14-13-7/h6H,3-5H2,1-2H3,(H,11,13)(H2,12,14,15,16). The van der Waals surface area contributed by atoms with E-state index in [1.807, 2.05) is 0 Å². The van der Waals surface area contributed by atoms with Crippen molar-refractivity contribution in [3.63, 3.8) is 0 Å². The molecular weight excluding hydrogens is 208 g/mol. The molecule has 0 aliphatic heterocycles. The van der Waals surface area contributed by atoms with Crippen LogP contribution in [-0.4, -0.2) is 21.2 Å². The third-order valence-electron chi connectivity index (χ3n) is 3.28. The molecule has 0 aromatic carbocycles. The van der Waals surface area contributed by atoms with Crippen LogP contribution in [0.5, 0.6) is 0 Å². The lowest BCUT2D eigenvalue weighted by molar-refractivity contribution is 0.349. The number of aromatic nitrogens is 3. The summed E-state index contributed by atoms with van der Waals surface area (Å²) < 4.78 is 0.